The molecule has 0 amide bonds. The predicted octanol–water partition coefficient (Wildman–Crippen LogP) is 4.26. The Labute approximate surface area is 174 Å². The van der Waals surface area contributed by atoms with E-state index in [1.165, 1.54) is 6.42 Å². The molecule has 154 valence electrons. The van der Waals surface area contributed by atoms with Gasteiger partial charge in [-0.3, -0.25) is 0 Å². The molecule has 1 aromatic heterocycles. The van der Waals surface area contributed by atoms with Crippen molar-refractivity contribution in [1.29, 1.82) is 5.26 Å². The zero-order valence-corrected chi connectivity index (χ0v) is 17.8. The Bertz CT molecular complexity index is 844. The molecule has 1 saturated heterocycles. The second kappa shape index (κ2) is 10.2. The maximum Gasteiger partial charge on any atom is 0.229 e. The third-order valence-electron chi connectivity index (χ3n) is 5.48. The molecule has 0 saturated carbocycles. The van der Waals surface area contributed by atoms with Gasteiger partial charge in [0.05, 0.1) is 11.6 Å². The fourth-order valence-corrected chi connectivity index (χ4v) is 3.53. The summed E-state index contributed by atoms with van der Waals surface area (Å²) >= 11 is 0. The lowest BCUT2D eigenvalue weighted by Gasteiger charge is -2.20. The van der Waals surface area contributed by atoms with E-state index < -0.39 is 0 Å². The fraction of sp³-hybridized carbons (Fsp3) is 0.522. The van der Waals surface area contributed by atoms with Gasteiger partial charge in [0.15, 0.2) is 0 Å². The lowest BCUT2D eigenvalue weighted by molar-refractivity contribution is 0.453. The minimum absolute atomic E-state index is 0.511. The number of hydrogen-bond acceptors (Lipinski definition) is 6. The van der Waals surface area contributed by atoms with Crippen LogP contribution in [0, 0.1) is 17.2 Å². The first-order valence-corrected chi connectivity index (χ1v) is 10.7. The summed E-state index contributed by atoms with van der Waals surface area (Å²) < 4.78 is 0. The number of rotatable bonds is 9. The van der Waals surface area contributed by atoms with E-state index in [2.05, 4.69) is 53.4 Å². The molecular formula is C23H32N6. The van der Waals surface area contributed by atoms with Gasteiger partial charge < -0.3 is 15.5 Å². The van der Waals surface area contributed by atoms with E-state index in [1.807, 2.05) is 18.2 Å². The first-order valence-electron chi connectivity index (χ1n) is 10.7. The number of nitriles is 1. The van der Waals surface area contributed by atoms with E-state index in [9.17, 15) is 0 Å². The number of hydrogen-bond donors (Lipinski definition) is 2. The predicted molar refractivity (Wildman–Crippen MR) is 119 cm³/mol. The molecule has 2 atom stereocenters. The summed E-state index contributed by atoms with van der Waals surface area (Å²) in [5.74, 6) is 2.28. The van der Waals surface area contributed by atoms with Crippen LogP contribution in [0.1, 0.15) is 51.3 Å². The van der Waals surface area contributed by atoms with Crippen LogP contribution in [0.3, 0.4) is 0 Å². The minimum Gasteiger partial charge on any atom is -0.355 e. The molecule has 2 N–H and O–H groups in total. The number of nitrogens with zero attached hydrogens (tertiary/aromatic N) is 4. The van der Waals surface area contributed by atoms with E-state index in [-0.39, 0.29) is 0 Å². The molecule has 1 unspecified atom stereocenters. The number of aromatic nitrogens is 2. The maximum atomic E-state index is 9.13. The quantitative estimate of drug-likeness (QED) is 0.664. The third kappa shape index (κ3) is 5.91. The van der Waals surface area contributed by atoms with Crippen LogP contribution >= 0.6 is 0 Å². The lowest BCUT2D eigenvalue weighted by atomic mass is 10.1. The molecule has 1 aromatic carbocycles. The number of benzene rings is 1. The van der Waals surface area contributed by atoms with Crippen molar-refractivity contribution >= 4 is 17.5 Å². The van der Waals surface area contributed by atoms with Gasteiger partial charge in [-0.15, -0.1) is 0 Å². The molecule has 0 spiro atoms. The van der Waals surface area contributed by atoms with E-state index in [1.54, 1.807) is 6.07 Å². The molecule has 1 aliphatic rings. The van der Waals surface area contributed by atoms with Gasteiger partial charge in [-0.1, -0.05) is 39.7 Å². The van der Waals surface area contributed by atoms with Gasteiger partial charge in [0, 0.05) is 36.6 Å². The molecule has 2 heterocycles. The van der Waals surface area contributed by atoms with Gasteiger partial charge in [-0.25, -0.2) is 4.98 Å². The number of aryl methyl sites for hydroxylation is 1. The molecule has 0 bridgehead atoms. The normalized spacial score (nSPS) is 17.2. The Balaban J connectivity index is 1.74. The maximum absolute atomic E-state index is 9.13. The molecule has 1 aliphatic heterocycles. The highest BCUT2D eigenvalue weighted by Crippen LogP contribution is 2.23. The van der Waals surface area contributed by atoms with E-state index in [0.717, 1.165) is 56.1 Å². The first-order chi connectivity index (χ1) is 14.1. The topological polar surface area (TPSA) is 76.9 Å². The van der Waals surface area contributed by atoms with Crippen LogP contribution in [0.2, 0.25) is 0 Å². The minimum atomic E-state index is 0.511. The third-order valence-corrected chi connectivity index (χ3v) is 5.48. The highest BCUT2D eigenvalue weighted by atomic mass is 15.3. The summed E-state index contributed by atoms with van der Waals surface area (Å²) in [7, 11) is 0. The summed E-state index contributed by atoms with van der Waals surface area (Å²) in [5, 5.41) is 16.1. The van der Waals surface area contributed by atoms with Gasteiger partial charge in [-0.05, 0) is 43.5 Å². The van der Waals surface area contributed by atoms with E-state index in [4.69, 9.17) is 10.2 Å². The fourth-order valence-electron chi connectivity index (χ4n) is 3.53. The van der Waals surface area contributed by atoms with Crippen molar-refractivity contribution in [3.8, 4) is 6.07 Å². The van der Waals surface area contributed by atoms with Crippen LogP contribution in [-0.4, -0.2) is 35.6 Å². The zero-order chi connectivity index (χ0) is 20.6. The van der Waals surface area contributed by atoms with Gasteiger partial charge in [0.1, 0.15) is 5.82 Å². The Morgan fingerprint density at radius 2 is 2.14 bits per heavy atom. The lowest BCUT2D eigenvalue weighted by Crippen LogP contribution is -2.35. The van der Waals surface area contributed by atoms with Gasteiger partial charge in [-0.2, -0.15) is 10.2 Å². The number of anilines is 3. The smallest absolute Gasteiger partial charge is 0.229 e. The van der Waals surface area contributed by atoms with Crippen molar-refractivity contribution < 1.29 is 0 Å². The Kier molecular flexibility index (Phi) is 7.42. The molecule has 1 fully saturated rings. The summed E-state index contributed by atoms with van der Waals surface area (Å²) in [4.78, 5) is 11.8. The molecule has 6 heteroatoms. The highest BCUT2D eigenvalue weighted by molar-refractivity contribution is 5.58. The van der Waals surface area contributed by atoms with Crippen LogP contribution in [0.4, 0.5) is 17.5 Å². The molecular weight excluding hydrogens is 360 g/mol. The van der Waals surface area contributed by atoms with Gasteiger partial charge >= 0.3 is 0 Å². The van der Waals surface area contributed by atoms with Gasteiger partial charge in [0.25, 0.3) is 0 Å². The second-order valence-corrected chi connectivity index (χ2v) is 7.96. The molecule has 3 rings (SSSR count). The van der Waals surface area contributed by atoms with Crippen molar-refractivity contribution in [3.63, 3.8) is 0 Å². The summed E-state index contributed by atoms with van der Waals surface area (Å²) in [6.07, 6.45) is 4.30. The van der Waals surface area contributed by atoms with E-state index >= 15 is 0 Å². The van der Waals surface area contributed by atoms with Crippen molar-refractivity contribution in [2.45, 2.75) is 52.5 Å². The molecule has 6 nitrogen and oxygen atoms in total. The van der Waals surface area contributed by atoms with Crippen LogP contribution in [0.5, 0.6) is 0 Å². The Morgan fingerprint density at radius 3 is 2.90 bits per heavy atom. The average Bonchev–Trinajstić information content (AvgIpc) is 3.21. The van der Waals surface area contributed by atoms with Crippen molar-refractivity contribution in [1.82, 2.24) is 15.3 Å². The first kappa shape index (κ1) is 21.1. The SMILES string of the molecule is CCCc1cc(N2CC[C@H](NCC(C)CC)C2)nc(Nc2cccc(C#N)c2)n1. The van der Waals surface area contributed by atoms with Crippen molar-refractivity contribution in [2.75, 3.05) is 29.9 Å². The van der Waals surface area contributed by atoms with Crippen LogP contribution in [0.15, 0.2) is 30.3 Å². The summed E-state index contributed by atoms with van der Waals surface area (Å²) in [6, 6.07) is 12.2. The van der Waals surface area contributed by atoms with Gasteiger partial charge in [0.2, 0.25) is 5.95 Å². The Morgan fingerprint density at radius 1 is 1.28 bits per heavy atom. The van der Waals surface area contributed by atoms with Crippen LogP contribution in [0.25, 0.3) is 0 Å². The molecule has 0 aliphatic carbocycles. The summed E-state index contributed by atoms with van der Waals surface area (Å²) in [5.41, 5.74) is 2.50. The largest absolute Gasteiger partial charge is 0.355 e. The number of nitrogens with one attached hydrogen (secondary N) is 2. The monoisotopic (exact) mass is 392 g/mol. The standard InChI is InChI=1S/C23H32N6/c1-4-7-19-13-22(29-11-10-21(16-29)25-15-17(3)5-2)28-23(26-19)27-20-9-6-8-18(12-20)14-24/h6,8-9,12-13,17,21,25H,4-5,7,10-11,15-16H2,1-3H3,(H,26,27,28)/t17?,21-/m0/s1. The second-order valence-electron chi connectivity index (χ2n) is 7.96. The molecule has 29 heavy (non-hydrogen) atoms. The van der Waals surface area contributed by atoms with E-state index in [0.29, 0.717) is 23.5 Å². The van der Waals surface area contributed by atoms with Crippen molar-refractivity contribution in [3.05, 3.63) is 41.6 Å². The summed E-state index contributed by atoms with van der Waals surface area (Å²) in [6.45, 7) is 9.75. The average molecular weight is 393 g/mol. The molecule has 0 radical (unpaired) electrons. The molecule has 2 aromatic rings. The zero-order valence-electron chi connectivity index (χ0n) is 17.8. The van der Waals surface area contributed by atoms with Crippen LogP contribution < -0.4 is 15.5 Å². The van der Waals surface area contributed by atoms with Crippen molar-refractivity contribution in [2.24, 2.45) is 5.92 Å². The highest BCUT2D eigenvalue weighted by Gasteiger charge is 2.24. The Hall–Kier alpha value is -2.65. The van der Waals surface area contributed by atoms with Crippen LogP contribution in [-0.2, 0) is 6.42 Å².